The van der Waals surface area contributed by atoms with Gasteiger partial charge in [0.1, 0.15) is 6.04 Å². The number of hydrogen-bond donors (Lipinski definition) is 3. The van der Waals surface area contributed by atoms with Crippen molar-refractivity contribution in [3.05, 3.63) is 34.9 Å². The molecule has 110 valence electrons. The zero-order valence-electron chi connectivity index (χ0n) is 11.7. The van der Waals surface area contributed by atoms with Crippen LogP contribution in [0.5, 0.6) is 0 Å². The third-order valence-electron chi connectivity index (χ3n) is 2.87. The fourth-order valence-electron chi connectivity index (χ4n) is 1.78. The summed E-state index contributed by atoms with van der Waals surface area (Å²) in [6.45, 7) is 4.18. The first-order chi connectivity index (χ1) is 9.40. The summed E-state index contributed by atoms with van der Waals surface area (Å²) < 4.78 is 0. The van der Waals surface area contributed by atoms with Crippen LogP contribution in [0.1, 0.15) is 19.4 Å². The first kappa shape index (κ1) is 16.3. The molecule has 0 aliphatic carbocycles. The van der Waals surface area contributed by atoms with E-state index in [9.17, 15) is 9.59 Å². The Morgan fingerprint density at radius 1 is 1.25 bits per heavy atom. The van der Waals surface area contributed by atoms with E-state index in [1.165, 1.54) is 0 Å². The second-order valence-corrected chi connectivity index (χ2v) is 5.33. The number of nitrogens with two attached hydrogens (primary N) is 1. The number of amides is 3. The highest BCUT2D eigenvalue weighted by molar-refractivity contribution is 6.30. The van der Waals surface area contributed by atoms with Crippen molar-refractivity contribution in [1.29, 1.82) is 0 Å². The van der Waals surface area contributed by atoms with Gasteiger partial charge in [-0.25, -0.2) is 4.79 Å². The molecule has 0 fully saturated rings. The van der Waals surface area contributed by atoms with Gasteiger partial charge in [-0.2, -0.15) is 0 Å². The summed E-state index contributed by atoms with van der Waals surface area (Å²) >= 11 is 5.80. The molecule has 3 amide bonds. The summed E-state index contributed by atoms with van der Waals surface area (Å²) in [5.74, 6) is -0.259. The maximum absolute atomic E-state index is 12.0. The molecule has 1 aromatic carbocycles. The molecule has 0 aliphatic rings. The summed E-state index contributed by atoms with van der Waals surface area (Å²) in [5.41, 5.74) is 6.14. The molecule has 0 bridgehead atoms. The second-order valence-electron chi connectivity index (χ2n) is 4.90. The number of hydrogen-bond acceptors (Lipinski definition) is 2. The number of rotatable bonds is 6. The standard InChI is InChI=1S/C14H20ClN3O2/c1-9(2)12(18-14(16)20)13(19)17-8-7-10-3-5-11(15)6-4-10/h3-6,9,12H,7-8H2,1-2H3,(H,17,19)(H3,16,18,20)/t12-/m0/s1. The quantitative estimate of drug-likeness (QED) is 0.746. The molecule has 0 aromatic heterocycles. The number of benzene rings is 1. The predicted molar refractivity (Wildman–Crippen MR) is 79.5 cm³/mol. The molecule has 0 unspecified atom stereocenters. The van der Waals surface area contributed by atoms with Gasteiger partial charge in [-0.15, -0.1) is 0 Å². The zero-order chi connectivity index (χ0) is 15.1. The third kappa shape index (κ3) is 5.48. The van der Waals surface area contributed by atoms with E-state index in [4.69, 9.17) is 17.3 Å². The van der Waals surface area contributed by atoms with Crippen LogP contribution in [0.2, 0.25) is 5.02 Å². The van der Waals surface area contributed by atoms with Gasteiger partial charge >= 0.3 is 6.03 Å². The van der Waals surface area contributed by atoms with Gasteiger partial charge in [0.05, 0.1) is 0 Å². The SMILES string of the molecule is CC(C)[C@H](NC(N)=O)C(=O)NCCc1ccc(Cl)cc1. The van der Waals surface area contributed by atoms with E-state index in [2.05, 4.69) is 10.6 Å². The molecule has 0 heterocycles. The minimum absolute atomic E-state index is 0.0296. The highest BCUT2D eigenvalue weighted by Gasteiger charge is 2.22. The molecule has 1 rings (SSSR count). The Bertz CT molecular complexity index is 460. The van der Waals surface area contributed by atoms with Gasteiger partial charge in [0.2, 0.25) is 5.91 Å². The smallest absolute Gasteiger partial charge is 0.312 e. The van der Waals surface area contributed by atoms with Crippen molar-refractivity contribution in [2.24, 2.45) is 11.7 Å². The van der Waals surface area contributed by atoms with Gasteiger partial charge in [0.25, 0.3) is 0 Å². The summed E-state index contributed by atoms with van der Waals surface area (Å²) in [5, 5.41) is 5.92. The van der Waals surface area contributed by atoms with Crippen molar-refractivity contribution in [2.45, 2.75) is 26.3 Å². The van der Waals surface area contributed by atoms with Crippen molar-refractivity contribution in [2.75, 3.05) is 6.54 Å². The summed E-state index contributed by atoms with van der Waals surface area (Å²) in [7, 11) is 0. The van der Waals surface area contributed by atoms with Crippen molar-refractivity contribution in [1.82, 2.24) is 10.6 Å². The molecule has 4 N–H and O–H groups in total. The maximum atomic E-state index is 12.0. The van der Waals surface area contributed by atoms with Crippen molar-refractivity contribution in [3.63, 3.8) is 0 Å². The number of primary amides is 1. The van der Waals surface area contributed by atoms with E-state index >= 15 is 0 Å². The average molecular weight is 298 g/mol. The van der Waals surface area contributed by atoms with Crippen LogP contribution in [-0.4, -0.2) is 24.5 Å². The molecule has 1 atom stereocenters. The Kier molecular flexibility index (Phi) is 6.31. The van der Waals surface area contributed by atoms with Crippen molar-refractivity contribution in [3.8, 4) is 0 Å². The summed E-state index contributed by atoms with van der Waals surface area (Å²) in [6.07, 6.45) is 0.699. The maximum Gasteiger partial charge on any atom is 0.312 e. The lowest BCUT2D eigenvalue weighted by atomic mass is 10.0. The lowest BCUT2D eigenvalue weighted by Crippen LogP contribution is -2.51. The van der Waals surface area contributed by atoms with Crippen molar-refractivity contribution >= 4 is 23.5 Å². The Hall–Kier alpha value is -1.75. The Balaban J connectivity index is 2.44. The van der Waals surface area contributed by atoms with Gasteiger partial charge in [-0.1, -0.05) is 37.6 Å². The van der Waals surface area contributed by atoms with E-state index in [0.29, 0.717) is 18.0 Å². The second kappa shape index (κ2) is 7.75. The average Bonchev–Trinajstić information content (AvgIpc) is 2.37. The lowest BCUT2D eigenvalue weighted by molar-refractivity contribution is -0.123. The summed E-state index contributed by atoms with van der Waals surface area (Å²) in [6, 6.07) is 6.13. The van der Waals surface area contributed by atoms with E-state index < -0.39 is 12.1 Å². The van der Waals surface area contributed by atoms with E-state index in [-0.39, 0.29) is 11.8 Å². The molecule has 5 nitrogen and oxygen atoms in total. The van der Waals surface area contributed by atoms with Gasteiger partial charge in [-0.05, 0) is 30.0 Å². The number of carbonyl (C=O) groups is 2. The lowest BCUT2D eigenvalue weighted by Gasteiger charge is -2.20. The monoisotopic (exact) mass is 297 g/mol. The first-order valence-corrected chi connectivity index (χ1v) is 6.86. The van der Waals surface area contributed by atoms with Crippen LogP contribution >= 0.6 is 11.6 Å². The Morgan fingerprint density at radius 2 is 1.85 bits per heavy atom. The van der Waals surface area contributed by atoms with E-state index in [0.717, 1.165) is 5.56 Å². The van der Waals surface area contributed by atoms with Crippen LogP contribution in [-0.2, 0) is 11.2 Å². The fourth-order valence-corrected chi connectivity index (χ4v) is 1.91. The largest absolute Gasteiger partial charge is 0.354 e. The van der Waals surface area contributed by atoms with Crippen LogP contribution in [0.15, 0.2) is 24.3 Å². The number of urea groups is 1. The third-order valence-corrected chi connectivity index (χ3v) is 3.13. The molecule has 1 aromatic rings. The molecular weight excluding hydrogens is 278 g/mol. The van der Waals surface area contributed by atoms with E-state index in [1.54, 1.807) is 0 Å². The molecule has 0 radical (unpaired) electrons. The van der Waals surface area contributed by atoms with Crippen LogP contribution in [0.25, 0.3) is 0 Å². The van der Waals surface area contributed by atoms with Crippen LogP contribution < -0.4 is 16.4 Å². The highest BCUT2D eigenvalue weighted by atomic mass is 35.5. The van der Waals surface area contributed by atoms with Crippen LogP contribution in [0.3, 0.4) is 0 Å². The van der Waals surface area contributed by atoms with Crippen LogP contribution in [0.4, 0.5) is 4.79 Å². The molecule has 6 heteroatoms. The van der Waals surface area contributed by atoms with E-state index in [1.807, 2.05) is 38.1 Å². The van der Waals surface area contributed by atoms with Crippen molar-refractivity contribution < 1.29 is 9.59 Å². The molecule has 0 spiro atoms. The molecular formula is C14H20ClN3O2. The van der Waals surface area contributed by atoms with Gasteiger partial charge in [0.15, 0.2) is 0 Å². The minimum Gasteiger partial charge on any atom is -0.354 e. The van der Waals surface area contributed by atoms with Crippen LogP contribution in [0, 0.1) is 5.92 Å². The molecule has 0 aliphatic heterocycles. The highest BCUT2D eigenvalue weighted by Crippen LogP contribution is 2.09. The zero-order valence-corrected chi connectivity index (χ0v) is 12.4. The number of nitrogens with one attached hydrogen (secondary N) is 2. The predicted octanol–water partition coefficient (Wildman–Crippen LogP) is 1.69. The summed E-state index contributed by atoms with van der Waals surface area (Å²) in [4.78, 5) is 22.8. The van der Waals surface area contributed by atoms with Gasteiger partial charge < -0.3 is 16.4 Å². The molecule has 0 saturated heterocycles. The number of carbonyl (C=O) groups excluding carboxylic acids is 2. The fraction of sp³-hybridized carbons (Fsp3) is 0.429. The molecule has 0 saturated carbocycles. The van der Waals surface area contributed by atoms with Gasteiger partial charge in [-0.3, -0.25) is 4.79 Å². The minimum atomic E-state index is -0.698. The first-order valence-electron chi connectivity index (χ1n) is 6.48. The molecule has 20 heavy (non-hydrogen) atoms. The Labute approximate surface area is 123 Å². The number of halogens is 1. The van der Waals surface area contributed by atoms with Gasteiger partial charge in [0, 0.05) is 11.6 Å². The Morgan fingerprint density at radius 3 is 2.35 bits per heavy atom. The normalized spacial score (nSPS) is 12.0. The topological polar surface area (TPSA) is 84.2 Å².